The molecule has 0 bridgehead atoms. The van der Waals surface area contributed by atoms with Crippen LogP contribution in [0, 0.1) is 0 Å². The first-order valence-corrected chi connectivity index (χ1v) is 5.04. The van der Waals surface area contributed by atoms with Crippen molar-refractivity contribution in [2.24, 2.45) is 5.73 Å². The summed E-state index contributed by atoms with van der Waals surface area (Å²) in [5.41, 5.74) is 7.40. The van der Waals surface area contributed by atoms with Crippen LogP contribution in [0.4, 0.5) is 0 Å². The molecule has 0 aliphatic rings. The van der Waals surface area contributed by atoms with Crippen molar-refractivity contribution < 1.29 is 9.21 Å². The third-order valence-corrected chi connectivity index (χ3v) is 2.65. The number of hydrogen-bond acceptors (Lipinski definition) is 3. The first-order valence-electron chi connectivity index (χ1n) is 4.60. The van der Waals surface area contributed by atoms with Crippen molar-refractivity contribution in [3.63, 3.8) is 0 Å². The van der Waals surface area contributed by atoms with Gasteiger partial charge in [-0.2, -0.15) is 0 Å². The quantitative estimate of drug-likeness (QED) is 0.830. The molecule has 2 rings (SSSR count). The van der Waals surface area contributed by atoms with Gasteiger partial charge in [0.2, 0.25) is 5.91 Å². The average molecular weight is 237 g/mol. The summed E-state index contributed by atoms with van der Waals surface area (Å²) >= 11 is 5.81. The summed E-state index contributed by atoms with van der Waals surface area (Å²) in [5.74, 6) is -0.559. The summed E-state index contributed by atoms with van der Waals surface area (Å²) in [6.45, 7) is 0. The zero-order valence-electron chi connectivity index (χ0n) is 8.26. The summed E-state index contributed by atoms with van der Waals surface area (Å²) in [6.07, 6.45) is 2.90. The Morgan fingerprint density at radius 2 is 2.06 bits per heavy atom. The molecule has 1 atom stereocenters. The van der Waals surface area contributed by atoms with E-state index in [0.29, 0.717) is 5.56 Å². The molecule has 0 radical (unpaired) electrons. The molecule has 2 N–H and O–H groups in total. The maximum Gasteiger partial charge on any atom is 0.240 e. The number of nitrogens with two attached hydrogens (primary N) is 1. The SMILES string of the molecule is NC(=O)C(Cl)c1ccc(-c2cocn2)cc1. The Labute approximate surface area is 97.0 Å². The van der Waals surface area contributed by atoms with Crippen molar-refractivity contribution in [2.45, 2.75) is 5.38 Å². The molecule has 82 valence electrons. The number of alkyl halides is 1. The van der Waals surface area contributed by atoms with E-state index in [1.807, 2.05) is 12.1 Å². The van der Waals surface area contributed by atoms with Gasteiger partial charge >= 0.3 is 0 Å². The molecule has 16 heavy (non-hydrogen) atoms. The van der Waals surface area contributed by atoms with E-state index in [0.717, 1.165) is 11.3 Å². The largest absolute Gasteiger partial charge is 0.451 e. The van der Waals surface area contributed by atoms with Gasteiger partial charge in [0.25, 0.3) is 0 Å². The Morgan fingerprint density at radius 3 is 2.56 bits per heavy atom. The van der Waals surface area contributed by atoms with Crippen molar-refractivity contribution in [3.05, 3.63) is 42.5 Å². The molecule has 0 aliphatic heterocycles. The highest BCUT2D eigenvalue weighted by Crippen LogP contribution is 2.23. The van der Waals surface area contributed by atoms with E-state index in [9.17, 15) is 4.79 Å². The fraction of sp³-hybridized carbons (Fsp3) is 0.0909. The van der Waals surface area contributed by atoms with E-state index in [2.05, 4.69) is 4.98 Å². The topological polar surface area (TPSA) is 69.1 Å². The van der Waals surface area contributed by atoms with Crippen LogP contribution in [0.15, 0.2) is 41.3 Å². The number of hydrogen-bond donors (Lipinski definition) is 1. The second-order valence-corrected chi connectivity index (χ2v) is 3.70. The molecular weight excluding hydrogens is 228 g/mol. The maximum atomic E-state index is 10.9. The molecule has 5 heteroatoms. The summed E-state index contributed by atoms with van der Waals surface area (Å²) in [4.78, 5) is 14.9. The monoisotopic (exact) mass is 236 g/mol. The zero-order chi connectivity index (χ0) is 11.5. The lowest BCUT2D eigenvalue weighted by atomic mass is 10.1. The number of amides is 1. The lowest BCUT2D eigenvalue weighted by Crippen LogP contribution is -2.16. The van der Waals surface area contributed by atoms with Crippen LogP contribution in [0.1, 0.15) is 10.9 Å². The summed E-state index contributed by atoms with van der Waals surface area (Å²) in [6, 6.07) is 7.11. The van der Waals surface area contributed by atoms with Gasteiger partial charge in [0.05, 0.1) is 0 Å². The molecule has 2 aromatic rings. The fourth-order valence-corrected chi connectivity index (χ4v) is 1.49. The van der Waals surface area contributed by atoms with Crippen molar-refractivity contribution in [2.75, 3.05) is 0 Å². The van der Waals surface area contributed by atoms with Gasteiger partial charge in [-0.1, -0.05) is 24.3 Å². The van der Waals surface area contributed by atoms with E-state index in [1.165, 1.54) is 6.39 Å². The van der Waals surface area contributed by atoms with Gasteiger partial charge in [-0.05, 0) is 5.56 Å². The van der Waals surface area contributed by atoms with Crippen molar-refractivity contribution >= 4 is 17.5 Å². The lowest BCUT2D eigenvalue weighted by Gasteiger charge is -2.05. The number of benzene rings is 1. The molecule has 1 unspecified atom stereocenters. The molecule has 1 amide bonds. The predicted octanol–water partition coefficient (Wildman–Crippen LogP) is 2.11. The number of oxazole rings is 1. The lowest BCUT2D eigenvalue weighted by molar-refractivity contribution is -0.117. The Bertz CT molecular complexity index is 479. The van der Waals surface area contributed by atoms with Gasteiger partial charge in [0, 0.05) is 5.56 Å². The van der Waals surface area contributed by atoms with Gasteiger partial charge in [-0.3, -0.25) is 4.79 Å². The Hall–Kier alpha value is -1.81. The van der Waals surface area contributed by atoms with Crippen LogP contribution in [0.5, 0.6) is 0 Å². The van der Waals surface area contributed by atoms with Crippen LogP contribution in [-0.2, 0) is 4.79 Å². The number of halogens is 1. The minimum Gasteiger partial charge on any atom is -0.451 e. The summed E-state index contributed by atoms with van der Waals surface area (Å²) in [7, 11) is 0. The second-order valence-electron chi connectivity index (χ2n) is 3.26. The van der Waals surface area contributed by atoms with Crippen LogP contribution >= 0.6 is 11.6 Å². The molecule has 4 nitrogen and oxygen atoms in total. The number of carbonyl (C=O) groups excluding carboxylic acids is 1. The van der Waals surface area contributed by atoms with Crippen LogP contribution in [0.25, 0.3) is 11.3 Å². The van der Waals surface area contributed by atoms with Crippen molar-refractivity contribution in [3.8, 4) is 11.3 Å². The van der Waals surface area contributed by atoms with Gasteiger partial charge < -0.3 is 10.2 Å². The van der Waals surface area contributed by atoms with E-state index in [1.54, 1.807) is 18.4 Å². The maximum absolute atomic E-state index is 10.9. The third-order valence-electron chi connectivity index (χ3n) is 2.18. The predicted molar refractivity (Wildman–Crippen MR) is 59.7 cm³/mol. The molecule has 0 spiro atoms. The molecule has 0 fully saturated rings. The minimum atomic E-state index is -0.800. The molecular formula is C11H9ClN2O2. The number of carbonyl (C=O) groups is 1. The highest BCUT2D eigenvalue weighted by molar-refractivity contribution is 6.30. The van der Waals surface area contributed by atoms with Crippen LogP contribution in [0.3, 0.4) is 0 Å². The van der Waals surface area contributed by atoms with Crippen molar-refractivity contribution in [1.29, 1.82) is 0 Å². The zero-order valence-corrected chi connectivity index (χ0v) is 9.02. The fourth-order valence-electron chi connectivity index (χ4n) is 1.34. The Morgan fingerprint density at radius 1 is 1.38 bits per heavy atom. The first-order chi connectivity index (χ1) is 7.68. The normalized spacial score (nSPS) is 12.3. The first kappa shape index (κ1) is 10.7. The molecule has 1 heterocycles. The van der Waals surface area contributed by atoms with Gasteiger partial charge in [-0.15, -0.1) is 11.6 Å². The number of rotatable bonds is 3. The molecule has 0 saturated heterocycles. The number of aromatic nitrogens is 1. The highest BCUT2D eigenvalue weighted by Gasteiger charge is 2.13. The number of primary amides is 1. The Kier molecular flexibility index (Phi) is 2.92. The van der Waals surface area contributed by atoms with E-state index in [-0.39, 0.29) is 0 Å². The second kappa shape index (κ2) is 4.37. The van der Waals surface area contributed by atoms with Gasteiger partial charge in [-0.25, -0.2) is 4.98 Å². The molecule has 1 aromatic heterocycles. The summed E-state index contributed by atoms with van der Waals surface area (Å²) < 4.78 is 4.87. The Balaban J connectivity index is 2.26. The smallest absolute Gasteiger partial charge is 0.240 e. The molecule has 0 aliphatic carbocycles. The van der Waals surface area contributed by atoms with E-state index >= 15 is 0 Å². The van der Waals surface area contributed by atoms with Crippen LogP contribution in [-0.4, -0.2) is 10.9 Å². The van der Waals surface area contributed by atoms with Crippen LogP contribution in [0.2, 0.25) is 0 Å². The average Bonchev–Trinajstić information content (AvgIpc) is 2.81. The number of nitrogens with zero attached hydrogens (tertiary/aromatic N) is 1. The van der Waals surface area contributed by atoms with Gasteiger partial charge in [0.15, 0.2) is 6.39 Å². The van der Waals surface area contributed by atoms with Crippen molar-refractivity contribution in [1.82, 2.24) is 4.98 Å². The van der Waals surface area contributed by atoms with E-state index in [4.69, 9.17) is 21.8 Å². The summed E-state index contributed by atoms with van der Waals surface area (Å²) in [5, 5.41) is -0.800. The van der Waals surface area contributed by atoms with E-state index < -0.39 is 11.3 Å². The third kappa shape index (κ3) is 2.06. The van der Waals surface area contributed by atoms with Gasteiger partial charge in [0.1, 0.15) is 17.3 Å². The molecule has 0 saturated carbocycles. The highest BCUT2D eigenvalue weighted by atomic mass is 35.5. The minimum absolute atomic E-state index is 0.559. The van der Waals surface area contributed by atoms with Crippen LogP contribution < -0.4 is 5.73 Å². The standard InChI is InChI=1S/C11H9ClN2O2/c12-10(11(13)15)8-3-1-7(2-4-8)9-5-16-6-14-9/h1-6,10H,(H2,13,15). The molecule has 1 aromatic carbocycles.